The molecule has 0 spiro atoms. The van der Waals surface area contributed by atoms with Crippen molar-refractivity contribution in [1.29, 1.82) is 5.26 Å². The van der Waals surface area contributed by atoms with Crippen LogP contribution in [-0.4, -0.2) is 21.0 Å². The number of H-pyrrole nitrogens is 1. The van der Waals surface area contributed by atoms with Gasteiger partial charge in [0.15, 0.2) is 0 Å². The molecular weight excluding hydrogens is 390 g/mol. The Balaban J connectivity index is 1.68. The van der Waals surface area contributed by atoms with Crippen molar-refractivity contribution in [3.8, 4) is 11.1 Å². The van der Waals surface area contributed by atoms with Gasteiger partial charge in [0.05, 0.1) is 21.5 Å². The Morgan fingerprint density at radius 3 is 2.93 bits per heavy atom. The van der Waals surface area contributed by atoms with Gasteiger partial charge in [0.2, 0.25) is 5.13 Å². The van der Waals surface area contributed by atoms with Crippen LogP contribution in [0.25, 0.3) is 15.9 Å². The van der Waals surface area contributed by atoms with E-state index in [9.17, 15) is 4.79 Å². The SMILES string of the molecule is Cc1cccc(-n2[nH]c(C)c(C=Nc3nc4ccc(SC#N)cc4s3)c2=O)c1. The minimum absolute atomic E-state index is 0.152. The number of fused-ring (bicyclic) bond motifs is 1. The smallest absolute Gasteiger partial charge is 0.280 e. The number of thiazole rings is 1. The van der Waals surface area contributed by atoms with Gasteiger partial charge in [0, 0.05) is 16.8 Å². The first-order valence-electron chi connectivity index (χ1n) is 8.44. The maximum atomic E-state index is 12.8. The number of nitrogens with zero attached hydrogens (tertiary/aromatic N) is 4. The van der Waals surface area contributed by atoms with Crippen LogP contribution in [0.5, 0.6) is 0 Å². The number of aryl methyl sites for hydroxylation is 2. The van der Waals surface area contributed by atoms with Crippen molar-refractivity contribution in [2.45, 2.75) is 18.7 Å². The Morgan fingerprint density at radius 1 is 1.29 bits per heavy atom. The molecule has 2 heterocycles. The number of hydrogen-bond acceptors (Lipinski definition) is 6. The minimum Gasteiger partial charge on any atom is -0.295 e. The largest absolute Gasteiger partial charge is 0.295 e. The Bertz CT molecular complexity index is 1310. The first kappa shape index (κ1) is 18.2. The summed E-state index contributed by atoms with van der Waals surface area (Å²) in [5, 5.41) is 14.5. The molecule has 0 saturated carbocycles. The average molecular weight is 406 g/mol. The van der Waals surface area contributed by atoms with Gasteiger partial charge in [0.25, 0.3) is 5.56 Å². The van der Waals surface area contributed by atoms with E-state index in [1.807, 2.05) is 56.3 Å². The molecule has 0 aliphatic heterocycles. The van der Waals surface area contributed by atoms with Crippen LogP contribution in [0.2, 0.25) is 0 Å². The fraction of sp³-hybridized carbons (Fsp3) is 0.100. The highest BCUT2D eigenvalue weighted by Crippen LogP contribution is 2.31. The molecule has 0 aliphatic carbocycles. The standard InChI is InChI=1S/C20H15N5OS2/c1-12-4-3-5-14(8-12)25-19(26)16(13(2)24-25)10-22-20-23-17-7-6-15(27-11-21)9-18(17)28-20/h3-10,24H,1-2H3. The molecule has 0 atom stereocenters. The van der Waals surface area contributed by atoms with Gasteiger partial charge in [-0.05, 0) is 61.5 Å². The lowest BCUT2D eigenvalue weighted by atomic mass is 10.2. The number of nitrogens with one attached hydrogen (secondary N) is 1. The van der Waals surface area contributed by atoms with Crippen LogP contribution < -0.4 is 5.56 Å². The molecule has 0 bridgehead atoms. The second-order valence-corrected chi connectivity index (χ2v) is 8.07. The summed E-state index contributed by atoms with van der Waals surface area (Å²) in [4.78, 5) is 22.6. The van der Waals surface area contributed by atoms with Crippen molar-refractivity contribution >= 4 is 44.7 Å². The monoisotopic (exact) mass is 405 g/mol. The van der Waals surface area contributed by atoms with E-state index in [2.05, 4.69) is 20.5 Å². The predicted octanol–water partition coefficient (Wildman–Crippen LogP) is 4.72. The van der Waals surface area contributed by atoms with Crippen LogP contribution in [0.3, 0.4) is 0 Å². The minimum atomic E-state index is -0.152. The highest BCUT2D eigenvalue weighted by atomic mass is 32.2. The fourth-order valence-corrected chi connectivity index (χ4v) is 4.19. The molecule has 28 heavy (non-hydrogen) atoms. The lowest BCUT2D eigenvalue weighted by molar-refractivity contribution is 0.834. The Labute approximate surface area is 169 Å². The van der Waals surface area contributed by atoms with E-state index in [1.54, 1.807) is 6.21 Å². The topological polar surface area (TPSA) is 86.8 Å². The summed E-state index contributed by atoms with van der Waals surface area (Å²) in [6, 6.07) is 13.4. The molecule has 0 aliphatic rings. The van der Waals surface area contributed by atoms with Gasteiger partial charge in [-0.3, -0.25) is 9.89 Å². The summed E-state index contributed by atoms with van der Waals surface area (Å²) >= 11 is 2.54. The fourth-order valence-electron chi connectivity index (χ4n) is 2.84. The van der Waals surface area contributed by atoms with Crippen molar-refractivity contribution in [2.75, 3.05) is 0 Å². The predicted molar refractivity (Wildman–Crippen MR) is 114 cm³/mol. The number of rotatable bonds is 4. The lowest BCUT2D eigenvalue weighted by Gasteiger charge is -2.02. The summed E-state index contributed by atoms with van der Waals surface area (Å²) in [7, 11) is 0. The molecule has 0 radical (unpaired) electrons. The molecule has 1 N–H and O–H groups in total. The maximum absolute atomic E-state index is 12.8. The van der Waals surface area contributed by atoms with E-state index in [0.717, 1.165) is 43.8 Å². The van der Waals surface area contributed by atoms with Crippen LogP contribution in [-0.2, 0) is 0 Å². The number of thioether (sulfide) groups is 1. The van der Waals surface area contributed by atoms with Crippen LogP contribution in [0.15, 0.2) is 57.1 Å². The van der Waals surface area contributed by atoms with Crippen molar-refractivity contribution in [3.05, 3.63) is 69.6 Å². The summed E-state index contributed by atoms with van der Waals surface area (Å²) in [6.07, 6.45) is 1.56. The summed E-state index contributed by atoms with van der Waals surface area (Å²) < 4.78 is 2.48. The summed E-state index contributed by atoms with van der Waals surface area (Å²) in [5.74, 6) is 0. The van der Waals surface area contributed by atoms with Gasteiger partial charge in [-0.1, -0.05) is 23.5 Å². The third-order valence-electron chi connectivity index (χ3n) is 4.19. The molecule has 0 unspecified atom stereocenters. The first-order chi connectivity index (χ1) is 13.5. The van der Waals surface area contributed by atoms with E-state index in [1.165, 1.54) is 16.0 Å². The van der Waals surface area contributed by atoms with E-state index >= 15 is 0 Å². The molecular formula is C20H15N5OS2. The average Bonchev–Trinajstić information content (AvgIpc) is 3.20. The number of aromatic amines is 1. The van der Waals surface area contributed by atoms with Gasteiger partial charge in [-0.25, -0.2) is 14.7 Å². The number of thiocyanates is 1. The highest BCUT2D eigenvalue weighted by Gasteiger charge is 2.11. The third kappa shape index (κ3) is 3.50. The van der Waals surface area contributed by atoms with Crippen molar-refractivity contribution in [2.24, 2.45) is 4.99 Å². The molecule has 8 heteroatoms. The van der Waals surface area contributed by atoms with Gasteiger partial charge in [-0.2, -0.15) is 5.26 Å². The van der Waals surface area contributed by atoms with E-state index in [-0.39, 0.29) is 5.56 Å². The third-order valence-corrected chi connectivity index (χ3v) is 5.70. The molecule has 0 saturated heterocycles. The number of aromatic nitrogens is 3. The summed E-state index contributed by atoms with van der Waals surface area (Å²) in [5.41, 5.74) is 3.78. The normalized spacial score (nSPS) is 11.3. The van der Waals surface area contributed by atoms with Crippen LogP contribution in [0.1, 0.15) is 16.8 Å². The van der Waals surface area contributed by atoms with Crippen molar-refractivity contribution in [3.63, 3.8) is 0 Å². The number of benzene rings is 2. The zero-order valence-electron chi connectivity index (χ0n) is 15.1. The molecule has 2 aromatic heterocycles. The molecule has 4 aromatic rings. The second-order valence-electron chi connectivity index (χ2n) is 6.21. The maximum Gasteiger partial charge on any atom is 0.280 e. The Hall–Kier alpha value is -3.15. The molecule has 138 valence electrons. The van der Waals surface area contributed by atoms with Gasteiger partial charge < -0.3 is 0 Å². The van der Waals surface area contributed by atoms with Crippen LogP contribution >= 0.6 is 23.1 Å². The van der Waals surface area contributed by atoms with Crippen LogP contribution in [0.4, 0.5) is 5.13 Å². The second kappa shape index (κ2) is 7.46. The lowest BCUT2D eigenvalue weighted by Crippen LogP contribution is -2.17. The van der Waals surface area contributed by atoms with Crippen molar-refractivity contribution < 1.29 is 0 Å². The van der Waals surface area contributed by atoms with Crippen molar-refractivity contribution in [1.82, 2.24) is 14.8 Å². The Morgan fingerprint density at radius 2 is 2.14 bits per heavy atom. The highest BCUT2D eigenvalue weighted by molar-refractivity contribution is 8.03. The zero-order chi connectivity index (χ0) is 19.7. The molecule has 6 nitrogen and oxygen atoms in total. The van der Waals surface area contributed by atoms with E-state index in [4.69, 9.17) is 5.26 Å². The quantitative estimate of drug-likeness (QED) is 0.302. The molecule has 2 aromatic carbocycles. The summed E-state index contributed by atoms with van der Waals surface area (Å²) in [6.45, 7) is 3.83. The van der Waals surface area contributed by atoms with E-state index in [0.29, 0.717) is 10.7 Å². The van der Waals surface area contributed by atoms with Gasteiger partial charge in [0.1, 0.15) is 5.40 Å². The van der Waals surface area contributed by atoms with Crippen LogP contribution in [0, 0.1) is 24.5 Å². The molecule has 4 rings (SSSR count). The number of aliphatic imine (C=N–C) groups is 1. The molecule has 0 amide bonds. The molecule has 0 fully saturated rings. The zero-order valence-corrected chi connectivity index (χ0v) is 16.8. The number of hydrogen-bond donors (Lipinski definition) is 1. The van der Waals surface area contributed by atoms with E-state index < -0.39 is 0 Å². The Kier molecular flexibility index (Phi) is 4.86. The first-order valence-corrected chi connectivity index (χ1v) is 10.1. The van der Waals surface area contributed by atoms with Gasteiger partial charge in [-0.15, -0.1) is 0 Å². The van der Waals surface area contributed by atoms with Gasteiger partial charge >= 0.3 is 0 Å². The number of nitriles is 1.